The van der Waals surface area contributed by atoms with Crippen LogP contribution in [-0.4, -0.2) is 56.5 Å². The van der Waals surface area contributed by atoms with Crippen LogP contribution in [0.5, 0.6) is 0 Å². The second-order valence-electron chi connectivity index (χ2n) is 10.5. The smallest absolute Gasteiger partial charge is 0.163 e. The average Bonchev–Trinajstić information content (AvgIpc) is 2.70. The highest BCUT2D eigenvalue weighted by atomic mass is 16.1. The molecule has 2 rings (SSSR count). The normalized spacial score (nSPS) is 18.6. The van der Waals surface area contributed by atoms with Crippen molar-refractivity contribution in [3.05, 3.63) is 28.3 Å². The fraction of sp³-hybridized carbons (Fsp3) is 0.679. The van der Waals surface area contributed by atoms with Gasteiger partial charge in [-0.1, -0.05) is 13.8 Å². The van der Waals surface area contributed by atoms with Crippen LogP contribution in [0.15, 0.2) is 6.07 Å². The van der Waals surface area contributed by atoms with E-state index >= 15 is 0 Å². The lowest BCUT2D eigenvalue weighted by molar-refractivity contribution is -0.130. The number of rotatable bonds is 11. The average molecular weight is 457 g/mol. The van der Waals surface area contributed by atoms with Crippen LogP contribution in [0, 0.1) is 31.6 Å². The summed E-state index contributed by atoms with van der Waals surface area (Å²) in [5.41, 5.74) is 5.44. The topological polar surface area (TPSA) is 57.7 Å². The van der Waals surface area contributed by atoms with E-state index in [0.29, 0.717) is 6.42 Å². The first-order valence-electron chi connectivity index (χ1n) is 12.4. The number of fused-ring (bicyclic) bond motifs is 1. The zero-order chi connectivity index (χ0) is 25.0. The lowest BCUT2D eigenvalue weighted by Gasteiger charge is -2.39. The molecule has 0 spiro atoms. The molecule has 0 heterocycles. The Bertz CT molecular complexity index is 888. The molecule has 1 aromatic carbocycles. The highest BCUT2D eigenvalue weighted by molar-refractivity contribution is 6.02. The first-order valence-corrected chi connectivity index (χ1v) is 12.4. The van der Waals surface area contributed by atoms with Crippen molar-refractivity contribution in [2.75, 3.05) is 33.1 Å². The molecule has 0 bridgehead atoms. The number of ketones is 3. The van der Waals surface area contributed by atoms with Gasteiger partial charge in [0, 0.05) is 43.7 Å². The van der Waals surface area contributed by atoms with Crippen LogP contribution in [0.2, 0.25) is 0 Å². The Morgan fingerprint density at radius 2 is 1.70 bits per heavy atom. The highest BCUT2D eigenvalue weighted by Gasteiger charge is 2.38. The van der Waals surface area contributed by atoms with E-state index < -0.39 is 0 Å². The Kier molecular flexibility index (Phi) is 9.42. The van der Waals surface area contributed by atoms with Crippen LogP contribution in [0.1, 0.15) is 79.9 Å². The molecule has 1 aliphatic carbocycles. The molecular weight excluding hydrogens is 412 g/mol. The molecule has 0 saturated heterocycles. The molecule has 0 aliphatic heterocycles. The van der Waals surface area contributed by atoms with E-state index in [1.54, 1.807) is 0 Å². The maximum absolute atomic E-state index is 13.4. The Hall–Kier alpha value is -2.01. The zero-order valence-corrected chi connectivity index (χ0v) is 22.2. The Balaban J connectivity index is 2.46. The minimum absolute atomic E-state index is 0.00848. The number of nitrogens with zero attached hydrogens (tertiary/aromatic N) is 2. The summed E-state index contributed by atoms with van der Waals surface area (Å²) in [4.78, 5) is 42.5. The van der Waals surface area contributed by atoms with Gasteiger partial charge in [0.2, 0.25) is 0 Å². The molecule has 4 unspecified atom stereocenters. The lowest BCUT2D eigenvalue weighted by atomic mass is 9.70. The molecule has 0 radical (unpaired) electrons. The van der Waals surface area contributed by atoms with Gasteiger partial charge < -0.3 is 9.80 Å². The molecule has 5 nitrogen and oxygen atoms in total. The summed E-state index contributed by atoms with van der Waals surface area (Å²) in [6.45, 7) is 9.84. The maximum Gasteiger partial charge on any atom is 0.163 e. The van der Waals surface area contributed by atoms with Crippen LogP contribution in [0.25, 0.3) is 0 Å². The fourth-order valence-electron chi connectivity index (χ4n) is 6.00. The van der Waals surface area contributed by atoms with Gasteiger partial charge >= 0.3 is 0 Å². The third kappa shape index (κ3) is 6.11. The van der Waals surface area contributed by atoms with Crippen molar-refractivity contribution in [3.63, 3.8) is 0 Å². The minimum atomic E-state index is -0.161. The summed E-state index contributed by atoms with van der Waals surface area (Å²) in [5, 5.41) is 0. The Labute approximate surface area is 200 Å². The molecule has 184 valence electrons. The van der Waals surface area contributed by atoms with Crippen LogP contribution < -0.4 is 4.90 Å². The summed E-state index contributed by atoms with van der Waals surface area (Å²) in [5.74, 6) is 0.368. The van der Waals surface area contributed by atoms with Crippen molar-refractivity contribution in [1.29, 1.82) is 0 Å². The van der Waals surface area contributed by atoms with Crippen LogP contribution in [-0.2, 0) is 16.0 Å². The molecule has 1 aliphatic rings. The number of carbonyl (C=O) groups is 3. The number of carbonyl (C=O) groups excluding carboxylic acids is 3. The number of hydrogen-bond donors (Lipinski definition) is 0. The monoisotopic (exact) mass is 456 g/mol. The lowest BCUT2D eigenvalue weighted by Crippen LogP contribution is -2.43. The van der Waals surface area contributed by atoms with E-state index in [9.17, 15) is 14.4 Å². The van der Waals surface area contributed by atoms with E-state index in [1.807, 2.05) is 14.1 Å². The number of Topliss-reactive ketones (excluding diaryl/α,β-unsaturated/α-hetero) is 3. The third-order valence-electron chi connectivity index (χ3n) is 7.63. The largest absolute Gasteiger partial charge is 0.377 e. The maximum atomic E-state index is 13.4. The van der Waals surface area contributed by atoms with Crippen LogP contribution in [0.4, 0.5) is 5.69 Å². The molecular formula is C28H44N2O3. The molecule has 0 fully saturated rings. The van der Waals surface area contributed by atoms with Crippen molar-refractivity contribution in [3.8, 4) is 0 Å². The summed E-state index contributed by atoms with van der Waals surface area (Å²) < 4.78 is 0. The van der Waals surface area contributed by atoms with E-state index in [2.05, 4.69) is 57.7 Å². The summed E-state index contributed by atoms with van der Waals surface area (Å²) >= 11 is 0. The van der Waals surface area contributed by atoms with E-state index in [0.717, 1.165) is 53.6 Å². The van der Waals surface area contributed by atoms with Gasteiger partial charge in [-0.05, 0) is 95.1 Å². The highest BCUT2D eigenvalue weighted by Crippen LogP contribution is 2.40. The van der Waals surface area contributed by atoms with Crippen LogP contribution >= 0.6 is 0 Å². The van der Waals surface area contributed by atoms with Crippen molar-refractivity contribution < 1.29 is 14.4 Å². The number of aryl methyl sites for hydroxylation is 1. The van der Waals surface area contributed by atoms with Gasteiger partial charge in [0.1, 0.15) is 11.6 Å². The number of anilines is 1. The Morgan fingerprint density at radius 1 is 1.06 bits per heavy atom. The molecule has 0 saturated carbocycles. The van der Waals surface area contributed by atoms with E-state index in [-0.39, 0.29) is 47.6 Å². The van der Waals surface area contributed by atoms with E-state index in [4.69, 9.17) is 0 Å². The van der Waals surface area contributed by atoms with Crippen LogP contribution in [0.3, 0.4) is 0 Å². The first-order chi connectivity index (χ1) is 15.4. The van der Waals surface area contributed by atoms with Gasteiger partial charge in [0.25, 0.3) is 0 Å². The molecule has 0 amide bonds. The second-order valence-corrected chi connectivity index (χ2v) is 10.5. The summed E-state index contributed by atoms with van der Waals surface area (Å²) in [6.07, 6.45) is 3.87. The van der Waals surface area contributed by atoms with Gasteiger partial charge in [0.15, 0.2) is 5.78 Å². The van der Waals surface area contributed by atoms with Crippen molar-refractivity contribution >= 4 is 23.0 Å². The molecule has 1 aromatic rings. The van der Waals surface area contributed by atoms with Gasteiger partial charge in [-0.3, -0.25) is 14.4 Å². The van der Waals surface area contributed by atoms with Crippen molar-refractivity contribution in [1.82, 2.24) is 4.90 Å². The SMILES string of the molecule is CCC(C(=O)CC(C)=O)C(CC1CC(=O)c2c(C)c(C)cc(N(C)C)c2C1)C(CC)N(C)C. The zero-order valence-electron chi connectivity index (χ0n) is 22.2. The molecule has 0 N–H and O–H groups in total. The second kappa shape index (κ2) is 11.4. The number of hydrogen-bond acceptors (Lipinski definition) is 5. The van der Waals surface area contributed by atoms with Crippen molar-refractivity contribution in [2.24, 2.45) is 17.8 Å². The molecule has 0 aromatic heterocycles. The standard InChI is InChI=1S/C28H44N2O3/c1-10-21(26(32)13-18(4)31)22(24(11-2)29(6)7)14-20-15-23-25(30(8)9)12-17(3)19(5)28(23)27(33)16-20/h12,20-22,24H,10-11,13-16H2,1-9H3. The minimum Gasteiger partial charge on any atom is -0.377 e. The predicted molar refractivity (Wildman–Crippen MR) is 136 cm³/mol. The van der Waals surface area contributed by atoms with Gasteiger partial charge in [-0.25, -0.2) is 0 Å². The van der Waals surface area contributed by atoms with Gasteiger partial charge in [-0.15, -0.1) is 0 Å². The van der Waals surface area contributed by atoms with Gasteiger partial charge in [0.05, 0.1) is 6.42 Å². The predicted octanol–water partition coefficient (Wildman–Crippen LogP) is 5.04. The summed E-state index contributed by atoms with van der Waals surface area (Å²) in [6, 6.07) is 2.43. The molecule has 4 atom stereocenters. The summed E-state index contributed by atoms with van der Waals surface area (Å²) in [7, 11) is 8.21. The van der Waals surface area contributed by atoms with Gasteiger partial charge in [-0.2, -0.15) is 0 Å². The first kappa shape index (κ1) is 27.2. The fourth-order valence-corrected chi connectivity index (χ4v) is 6.00. The Morgan fingerprint density at radius 3 is 2.18 bits per heavy atom. The molecule has 33 heavy (non-hydrogen) atoms. The van der Waals surface area contributed by atoms with E-state index in [1.165, 1.54) is 6.92 Å². The van der Waals surface area contributed by atoms with Crippen molar-refractivity contribution in [2.45, 2.75) is 79.2 Å². The molecule has 5 heteroatoms. The number of benzene rings is 1. The quantitative estimate of drug-likeness (QED) is 0.437. The third-order valence-corrected chi connectivity index (χ3v) is 7.63.